The largest absolute Gasteiger partial charge is 0.383 e. The maximum absolute atomic E-state index is 11.7. The van der Waals surface area contributed by atoms with Crippen LogP contribution in [-0.2, 0) is 4.74 Å². The summed E-state index contributed by atoms with van der Waals surface area (Å²) in [6.45, 7) is 0.827. The minimum atomic E-state index is -0.197. The third kappa shape index (κ3) is 4.67. The molecule has 0 saturated carbocycles. The van der Waals surface area contributed by atoms with Gasteiger partial charge in [-0.05, 0) is 40.8 Å². The maximum Gasteiger partial charge on any atom is 0.251 e. The van der Waals surface area contributed by atoms with Gasteiger partial charge in [0.05, 0.1) is 12.0 Å². The van der Waals surface area contributed by atoms with Crippen molar-refractivity contribution in [2.75, 3.05) is 20.3 Å². The summed E-state index contributed by atoms with van der Waals surface area (Å²) in [7, 11) is 1.58. The lowest BCUT2D eigenvalue weighted by atomic mass is 10.2. The summed E-state index contributed by atoms with van der Waals surface area (Å²) in [5.41, 5.74) is 0.646. The first-order chi connectivity index (χ1) is 7.63. The second-order valence-corrected chi connectivity index (χ2v) is 5.14. The highest BCUT2D eigenvalue weighted by atomic mass is 127. The first kappa shape index (κ1) is 13.7. The zero-order chi connectivity index (χ0) is 12.0. The number of hydrogen-bond donors (Lipinski definition) is 1. The molecule has 0 fully saturated rings. The number of ether oxygens (including phenoxy) is 1. The number of hydrogen-bond acceptors (Lipinski definition) is 2. The first-order valence-corrected chi connectivity index (χ1v) is 6.31. The summed E-state index contributed by atoms with van der Waals surface area (Å²) in [5.74, 6) is -0.111. The van der Waals surface area contributed by atoms with Crippen LogP contribution in [0.4, 0.5) is 0 Å². The van der Waals surface area contributed by atoms with Crippen molar-refractivity contribution in [3.8, 4) is 0 Å². The van der Waals surface area contributed by atoms with Crippen LogP contribution in [0.2, 0.25) is 0 Å². The van der Waals surface area contributed by atoms with Crippen molar-refractivity contribution in [2.45, 2.75) is 5.38 Å². The predicted molar refractivity (Wildman–Crippen MR) is 73.0 cm³/mol. The van der Waals surface area contributed by atoms with E-state index in [1.807, 2.05) is 18.2 Å². The zero-order valence-electron chi connectivity index (χ0n) is 8.87. The Labute approximate surface area is 114 Å². The van der Waals surface area contributed by atoms with Crippen molar-refractivity contribution < 1.29 is 9.53 Å². The molecule has 3 nitrogen and oxygen atoms in total. The van der Waals surface area contributed by atoms with Crippen LogP contribution in [0, 0.1) is 3.57 Å². The van der Waals surface area contributed by atoms with Gasteiger partial charge in [-0.25, -0.2) is 0 Å². The van der Waals surface area contributed by atoms with Crippen LogP contribution in [-0.4, -0.2) is 31.5 Å². The first-order valence-electron chi connectivity index (χ1n) is 4.80. The molecule has 0 heterocycles. The van der Waals surface area contributed by atoms with Crippen molar-refractivity contribution in [1.29, 1.82) is 0 Å². The van der Waals surface area contributed by atoms with Gasteiger partial charge in [0, 0.05) is 22.8 Å². The van der Waals surface area contributed by atoms with E-state index in [2.05, 4.69) is 27.9 Å². The molecular formula is C11H13ClINO2. The highest BCUT2D eigenvalue weighted by Gasteiger charge is 2.08. The fraction of sp³-hybridized carbons (Fsp3) is 0.364. The Bertz CT molecular complexity index is 360. The molecule has 0 aliphatic heterocycles. The molecule has 0 bridgehead atoms. The predicted octanol–water partition coefficient (Wildman–Crippen LogP) is 2.27. The number of halogens is 2. The lowest BCUT2D eigenvalue weighted by Gasteiger charge is -2.09. The summed E-state index contributed by atoms with van der Waals surface area (Å²) >= 11 is 8.07. The molecule has 0 aromatic heterocycles. The highest BCUT2D eigenvalue weighted by molar-refractivity contribution is 14.1. The summed E-state index contributed by atoms with van der Waals surface area (Å²) in [6.07, 6.45) is 0. The van der Waals surface area contributed by atoms with E-state index in [0.717, 1.165) is 3.57 Å². The fourth-order valence-corrected chi connectivity index (χ4v) is 1.92. The maximum atomic E-state index is 11.7. The molecule has 0 spiro atoms. The molecule has 5 heteroatoms. The van der Waals surface area contributed by atoms with Gasteiger partial charge in [0.15, 0.2) is 0 Å². The van der Waals surface area contributed by atoms with E-state index in [1.54, 1.807) is 13.2 Å². The van der Waals surface area contributed by atoms with Gasteiger partial charge >= 0.3 is 0 Å². The average molecular weight is 354 g/mol. The van der Waals surface area contributed by atoms with Crippen molar-refractivity contribution in [3.63, 3.8) is 0 Å². The van der Waals surface area contributed by atoms with Crippen LogP contribution in [0.15, 0.2) is 24.3 Å². The number of alkyl halides is 1. The van der Waals surface area contributed by atoms with Crippen LogP contribution in [0.1, 0.15) is 10.4 Å². The smallest absolute Gasteiger partial charge is 0.251 e. The number of carbonyl (C=O) groups is 1. The lowest BCUT2D eigenvalue weighted by Crippen LogP contribution is -2.31. The summed E-state index contributed by atoms with van der Waals surface area (Å²) < 4.78 is 5.91. The Morgan fingerprint density at radius 3 is 3.00 bits per heavy atom. The van der Waals surface area contributed by atoms with Crippen LogP contribution in [0.25, 0.3) is 0 Å². The van der Waals surface area contributed by atoms with E-state index in [-0.39, 0.29) is 11.3 Å². The van der Waals surface area contributed by atoms with Crippen molar-refractivity contribution in [3.05, 3.63) is 33.4 Å². The number of amides is 1. The van der Waals surface area contributed by atoms with E-state index in [4.69, 9.17) is 16.3 Å². The molecule has 1 amide bonds. The number of nitrogens with one attached hydrogen (secondary N) is 1. The molecule has 1 rings (SSSR count). The summed E-state index contributed by atoms with van der Waals surface area (Å²) in [5, 5.41) is 2.56. The number of carbonyl (C=O) groups excluding carboxylic acids is 1. The van der Waals surface area contributed by atoms with E-state index >= 15 is 0 Å². The highest BCUT2D eigenvalue weighted by Crippen LogP contribution is 2.07. The minimum absolute atomic E-state index is 0.111. The Kier molecular flexibility index (Phi) is 6.08. The molecule has 1 unspecified atom stereocenters. The molecule has 0 aliphatic carbocycles. The molecule has 16 heavy (non-hydrogen) atoms. The Hall–Kier alpha value is -0.330. The molecule has 0 aliphatic rings. The van der Waals surface area contributed by atoms with Gasteiger partial charge in [-0.2, -0.15) is 0 Å². The average Bonchev–Trinajstić information content (AvgIpc) is 2.26. The van der Waals surface area contributed by atoms with Gasteiger partial charge in [0.1, 0.15) is 0 Å². The van der Waals surface area contributed by atoms with Gasteiger partial charge in [-0.15, -0.1) is 11.6 Å². The number of benzene rings is 1. The quantitative estimate of drug-likeness (QED) is 0.651. The molecule has 88 valence electrons. The Morgan fingerprint density at radius 1 is 1.62 bits per heavy atom. The SMILES string of the molecule is COCC(Cl)CNC(=O)c1cccc(I)c1. The molecule has 1 aromatic carbocycles. The molecule has 0 saturated heterocycles. The van der Waals surface area contributed by atoms with Crippen LogP contribution >= 0.6 is 34.2 Å². The Morgan fingerprint density at radius 2 is 2.38 bits per heavy atom. The summed E-state index contributed by atoms with van der Waals surface area (Å²) in [4.78, 5) is 11.7. The third-order valence-electron chi connectivity index (χ3n) is 1.92. The zero-order valence-corrected chi connectivity index (χ0v) is 11.8. The van der Waals surface area contributed by atoms with Gasteiger partial charge in [0.2, 0.25) is 0 Å². The van der Waals surface area contributed by atoms with Crippen molar-refractivity contribution in [1.82, 2.24) is 5.32 Å². The van der Waals surface area contributed by atoms with Crippen LogP contribution < -0.4 is 5.32 Å². The van der Waals surface area contributed by atoms with Crippen molar-refractivity contribution >= 4 is 40.1 Å². The normalized spacial score (nSPS) is 12.2. The molecule has 0 radical (unpaired) electrons. The standard InChI is InChI=1S/C11H13ClINO2/c1-16-7-9(12)6-14-11(15)8-3-2-4-10(13)5-8/h2-5,9H,6-7H2,1H3,(H,14,15). The van der Waals surface area contributed by atoms with E-state index in [0.29, 0.717) is 18.7 Å². The fourth-order valence-electron chi connectivity index (χ4n) is 1.17. The molecule has 1 N–H and O–H groups in total. The van der Waals surface area contributed by atoms with E-state index < -0.39 is 0 Å². The molecule has 1 aromatic rings. The topological polar surface area (TPSA) is 38.3 Å². The molecule has 1 atom stereocenters. The third-order valence-corrected chi connectivity index (χ3v) is 2.87. The minimum Gasteiger partial charge on any atom is -0.383 e. The van der Waals surface area contributed by atoms with Gasteiger partial charge in [-0.3, -0.25) is 4.79 Å². The van der Waals surface area contributed by atoms with Gasteiger partial charge in [0.25, 0.3) is 5.91 Å². The second kappa shape index (κ2) is 7.09. The van der Waals surface area contributed by atoms with Gasteiger partial charge < -0.3 is 10.1 Å². The molecular weight excluding hydrogens is 340 g/mol. The second-order valence-electron chi connectivity index (χ2n) is 3.27. The number of rotatable bonds is 5. The van der Waals surface area contributed by atoms with E-state index in [1.165, 1.54) is 0 Å². The lowest BCUT2D eigenvalue weighted by molar-refractivity contribution is 0.0949. The van der Waals surface area contributed by atoms with Crippen LogP contribution in [0.5, 0.6) is 0 Å². The van der Waals surface area contributed by atoms with Crippen molar-refractivity contribution in [2.24, 2.45) is 0 Å². The monoisotopic (exact) mass is 353 g/mol. The summed E-state index contributed by atoms with van der Waals surface area (Å²) in [6, 6.07) is 7.39. The van der Waals surface area contributed by atoms with E-state index in [9.17, 15) is 4.79 Å². The van der Waals surface area contributed by atoms with Gasteiger partial charge in [-0.1, -0.05) is 6.07 Å². The Balaban J connectivity index is 2.47. The number of methoxy groups -OCH3 is 1. The van der Waals surface area contributed by atoms with Crippen LogP contribution in [0.3, 0.4) is 0 Å².